The minimum Gasteiger partial charge on any atom is -0.339 e. The predicted octanol–water partition coefficient (Wildman–Crippen LogP) is 7.52. The van der Waals surface area contributed by atoms with Crippen molar-refractivity contribution in [1.82, 2.24) is 9.80 Å². The lowest BCUT2D eigenvalue weighted by Crippen LogP contribution is -2.50. The molecule has 0 radical (unpaired) electrons. The van der Waals surface area contributed by atoms with E-state index in [9.17, 15) is 9.59 Å². The number of carbonyl (C=O) groups excluding carboxylic acids is 2. The van der Waals surface area contributed by atoms with Crippen LogP contribution in [-0.2, 0) is 17.8 Å². The second-order valence-corrected chi connectivity index (χ2v) is 13.3. The molecule has 3 fully saturated rings. The summed E-state index contributed by atoms with van der Waals surface area (Å²) in [6, 6.07) is 27.4. The zero-order valence-electron chi connectivity index (χ0n) is 24.0. The van der Waals surface area contributed by atoms with Gasteiger partial charge in [0, 0.05) is 36.5 Å². The molecule has 2 amide bonds. The van der Waals surface area contributed by atoms with Gasteiger partial charge in [0.25, 0.3) is 11.8 Å². The van der Waals surface area contributed by atoms with Crippen LogP contribution < -0.4 is 0 Å². The van der Waals surface area contributed by atoms with Crippen LogP contribution in [0.2, 0.25) is 0 Å². The molecule has 0 spiro atoms. The SMILES string of the molecule is Cc1ccc(CN2C(=O)/C(=C\c3ccc(C(=O)N4CCC(Cc5ccccc5)CC4)cc3)SC3CCCCC32)cc1. The fourth-order valence-corrected chi connectivity index (χ4v) is 8.07. The summed E-state index contributed by atoms with van der Waals surface area (Å²) in [6.07, 6.45) is 9.88. The number of hydrogen-bond acceptors (Lipinski definition) is 3. The zero-order valence-corrected chi connectivity index (χ0v) is 24.8. The number of hydrogen-bond donors (Lipinski definition) is 0. The molecule has 2 heterocycles. The summed E-state index contributed by atoms with van der Waals surface area (Å²) in [7, 11) is 0. The van der Waals surface area contributed by atoms with Gasteiger partial charge >= 0.3 is 0 Å². The zero-order chi connectivity index (χ0) is 28.2. The first kappa shape index (κ1) is 27.8. The molecule has 3 aromatic rings. The third-order valence-corrected chi connectivity index (χ3v) is 10.4. The molecule has 0 bridgehead atoms. The standard InChI is InChI=1S/C36H40N2O2S/c1-26-11-13-30(14-12-26)25-38-32-9-5-6-10-33(32)41-34(36(38)40)24-28-15-17-31(18-16-28)35(39)37-21-19-29(20-22-37)23-27-7-3-2-4-8-27/h2-4,7-8,11-18,24,29,32-33H,5-6,9-10,19-23,25H2,1H3/b34-24+. The van der Waals surface area contributed by atoms with Crippen LogP contribution in [-0.4, -0.2) is 46.0 Å². The molecular formula is C36H40N2O2S. The number of amides is 2. The van der Waals surface area contributed by atoms with E-state index >= 15 is 0 Å². The summed E-state index contributed by atoms with van der Waals surface area (Å²) in [5.41, 5.74) is 5.51. The number of benzene rings is 3. The maximum Gasteiger partial charge on any atom is 0.260 e. The number of thioether (sulfide) groups is 1. The second kappa shape index (κ2) is 12.7. The summed E-state index contributed by atoms with van der Waals surface area (Å²) < 4.78 is 0. The fourth-order valence-electron chi connectivity index (χ4n) is 6.60. The monoisotopic (exact) mass is 564 g/mol. The molecule has 2 atom stereocenters. The summed E-state index contributed by atoms with van der Waals surface area (Å²) >= 11 is 1.76. The van der Waals surface area contributed by atoms with E-state index in [0.29, 0.717) is 23.8 Å². The van der Waals surface area contributed by atoms with Crippen LogP contribution in [0, 0.1) is 12.8 Å². The van der Waals surface area contributed by atoms with Gasteiger partial charge in [-0.1, -0.05) is 85.1 Å². The van der Waals surface area contributed by atoms with Crippen molar-refractivity contribution < 1.29 is 9.59 Å². The molecular weight excluding hydrogens is 524 g/mol. The molecule has 5 heteroatoms. The Morgan fingerprint density at radius 2 is 1.56 bits per heavy atom. The molecule has 3 aliphatic rings. The van der Waals surface area contributed by atoms with Crippen molar-refractivity contribution in [2.45, 2.75) is 69.7 Å². The Bertz CT molecular complexity index is 1380. The first-order valence-electron chi connectivity index (χ1n) is 15.2. The van der Waals surface area contributed by atoms with Crippen LogP contribution in [0.3, 0.4) is 0 Å². The van der Waals surface area contributed by atoms with Gasteiger partial charge in [0.05, 0.1) is 4.91 Å². The molecule has 41 heavy (non-hydrogen) atoms. The van der Waals surface area contributed by atoms with Crippen molar-refractivity contribution in [1.29, 1.82) is 0 Å². The van der Waals surface area contributed by atoms with Gasteiger partial charge in [0.15, 0.2) is 0 Å². The van der Waals surface area contributed by atoms with E-state index in [0.717, 1.165) is 61.2 Å². The first-order valence-corrected chi connectivity index (χ1v) is 16.1. The van der Waals surface area contributed by atoms with Gasteiger partial charge in [-0.3, -0.25) is 9.59 Å². The van der Waals surface area contributed by atoms with Gasteiger partial charge in [-0.2, -0.15) is 0 Å². The molecule has 0 aromatic heterocycles. The van der Waals surface area contributed by atoms with Crippen LogP contribution in [0.1, 0.15) is 71.1 Å². The van der Waals surface area contributed by atoms with Gasteiger partial charge in [0.2, 0.25) is 0 Å². The van der Waals surface area contributed by atoms with Crippen LogP contribution in [0.5, 0.6) is 0 Å². The maximum atomic E-state index is 13.8. The van der Waals surface area contributed by atoms with E-state index < -0.39 is 0 Å². The Hall–Kier alpha value is -3.31. The van der Waals surface area contributed by atoms with Crippen LogP contribution in [0.4, 0.5) is 0 Å². The molecule has 1 aliphatic carbocycles. The number of fused-ring (bicyclic) bond motifs is 1. The minimum absolute atomic E-state index is 0.111. The van der Waals surface area contributed by atoms with Gasteiger partial charge < -0.3 is 9.80 Å². The van der Waals surface area contributed by atoms with Crippen molar-refractivity contribution in [3.8, 4) is 0 Å². The van der Waals surface area contributed by atoms with E-state index in [1.54, 1.807) is 11.8 Å². The predicted molar refractivity (Wildman–Crippen MR) is 169 cm³/mol. The molecule has 3 aromatic carbocycles. The molecule has 2 saturated heterocycles. The molecule has 212 valence electrons. The van der Waals surface area contributed by atoms with Crippen LogP contribution >= 0.6 is 11.8 Å². The quantitative estimate of drug-likeness (QED) is 0.291. The van der Waals surface area contributed by atoms with E-state index in [4.69, 9.17) is 0 Å². The Morgan fingerprint density at radius 3 is 2.29 bits per heavy atom. The number of rotatable bonds is 6. The number of nitrogens with zero attached hydrogens (tertiary/aromatic N) is 2. The first-order chi connectivity index (χ1) is 20.0. The maximum absolute atomic E-state index is 13.8. The van der Waals surface area contributed by atoms with Crippen LogP contribution in [0.25, 0.3) is 6.08 Å². The minimum atomic E-state index is 0.111. The van der Waals surface area contributed by atoms with E-state index in [1.165, 1.54) is 29.5 Å². The Morgan fingerprint density at radius 1 is 0.854 bits per heavy atom. The third kappa shape index (κ3) is 6.62. The number of aryl methyl sites for hydroxylation is 1. The van der Waals surface area contributed by atoms with E-state index in [1.807, 2.05) is 35.2 Å². The highest BCUT2D eigenvalue weighted by Gasteiger charge is 2.40. The van der Waals surface area contributed by atoms with Gasteiger partial charge in [-0.05, 0) is 79.8 Å². The van der Waals surface area contributed by atoms with E-state index in [2.05, 4.69) is 66.4 Å². The van der Waals surface area contributed by atoms with Crippen molar-refractivity contribution in [3.63, 3.8) is 0 Å². The van der Waals surface area contributed by atoms with Gasteiger partial charge in [-0.15, -0.1) is 11.8 Å². The average molecular weight is 565 g/mol. The fraction of sp³-hybridized carbons (Fsp3) is 0.389. The molecule has 2 aliphatic heterocycles. The Kier molecular flexibility index (Phi) is 8.62. The summed E-state index contributed by atoms with van der Waals surface area (Å²) in [4.78, 5) is 32.0. The average Bonchev–Trinajstić information content (AvgIpc) is 3.01. The Balaban J connectivity index is 1.11. The molecule has 0 N–H and O–H groups in total. The highest BCUT2D eigenvalue weighted by atomic mass is 32.2. The van der Waals surface area contributed by atoms with Gasteiger partial charge in [-0.25, -0.2) is 0 Å². The lowest BCUT2D eigenvalue weighted by Gasteiger charge is -2.44. The second-order valence-electron chi connectivity index (χ2n) is 12.0. The Labute approximate surface area is 248 Å². The normalized spacial score (nSPS) is 22.6. The van der Waals surface area contributed by atoms with Crippen molar-refractivity contribution in [2.24, 2.45) is 5.92 Å². The molecule has 2 unspecified atom stereocenters. The highest BCUT2D eigenvalue weighted by molar-refractivity contribution is 8.04. The topological polar surface area (TPSA) is 40.6 Å². The van der Waals surface area contributed by atoms with Crippen molar-refractivity contribution in [2.75, 3.05) is 13.1 Å². The van der Waals surface area contributed by atoms with Crippen LogP contribution in [0.15, 0.2) is 83.8 Å². The lowest BCUT2D eigenvalue weighted by atomic mass is 9.90. The molecule has 6 rings (SSSR count). The lowest BCUT2D eigenvalue weighted by molar-refractivity contribution is -0.130. The highest BCUT2D eigenvalue weighted by Crippen LogP contribution is 2.42. The number of carbonyl (C=O) groups is 2. The molecule has 1 saturated carbocycles. The summed E-state index contributed by atoms with van der Waals surface area (Å²) in [5, 5.41) is 0.448. The molecule has 4 nitrogen and oxygen atoms in total. The largest absolute Gasteiger partial charge is 0.339 e. The smallest absolute Gasteiger partial charge is 0.260 e. The summed E-state index contributed by atoms with van der Waals surface area (Å²) in [5.74, 6) is 0.882. The van der Waals surface area contributed by atoms with Crippen molar-refractivity contribution in [3.05, 3.63) is 112 Å². The van der Waals surface area contributed by atoms with E-state index in [-0.39, 0.29) is 11.8 Å². The summed E-state index contributed by atoms with van der Waals surface area (Å²) in [6.45, 7) is 4.38. The number of piperidine rings is 1. The third-order valence-electron chi connectivity index (χ3n) is 9.02. The van der Waals surface area contributed by atoms with Crippen molar-refractivity contribution >= 4 is 29.7 Å². The van der Waals surface area contributed by atoms with Gasteiger partial charge in [0.1, 0.15) is 0 Å². The number of likely N-dealkylation sites (tertiary alicyclic amines) is 1.